The third kappa shape index (κ3) is 2.78. The summed E-state index contributed by atoms with van der Waals surface area (Å²) in [6, 6.07) is 14.1. The van der Waals surface area contributed by atoms with Gasteiger partial charge < -0.3 is 0 Å². The van der Waals surface area contributed by atoms with Gasteiger partial charge in [0.2, 0.25) is 5.69 Å². The van der Waals surface area contributed by atoms with E-state index < -0.39 is 0 Å². The normalized spacial score (nSPS) is 18.0. The Hall–Kier alpha value is -2.41. The molecule has 0 fully saturated rings. The maximum atomic E-state index is 2.52. The quantitative estimate of drug-likeness (QED) is 0.315. The monoisotopic (exact) mass is 396 g/mol. The molecule has 154 valence electrons. The van der Waals surface area contributed by atoms with Crippen molar-refractivity contribution in [1.82, 2.24) is 0 Å². The van der Waals surface area contributed by atoms with Crippen LogP contribution in [0.1, 0.15) is 73.9 Å². The van der Waals surface area contributed by atoms with Gasteiger partial charge in [0.1, 0.15) is 7.05 Å². The summed E-state index contributed by atoms with van der Waals surface area (Å²) < 4.78 is 2.39. The van der Waals surface area contributed by atoms with Crippen molar-refractivity contribution >= 4 is 0 Å². The summed E-state index contributed by atoms with van der Waals surface area (Å²) in [5, 5.41) is 0. The highest BCUT2D eigenvalue weighted by molar-refractivity contribution is 5.85. The molecule has 2 aliphatic carbocycles. The van der Waals surface area contributed by atoms with Crippen LogP contribution in [-0.2, 0) is 24.3 Å². The van der Waals surface area contributed by atoms with Gasteiger partial charge in [0.25, 0.3) is 0 Å². The SMILES string of the molecule is Cc1ccc2c(c1)-c1ccc(C)c(-c3cc4c(c[n+]3C)C(C)(C)CCC4(C)C)c1C2. The van der Waals surface area contributed by atoms with Crippen molar-refractivity contribution in [3.05, 3.63) is 76.0 Å². The lowest BCUT2D eigenvalue weighted by atomic mass is 9.63. The van der Waals surface area contributed by atoms with E-state index in [0.717, 1.165) is 6.42 Å². The Balaban J connectivity index is 1.76. The maximum Gasteiger partial charge on any atom is 0.213 e. The molecule has 1 heteroatoms. The van der Waals surface area contributed by atoms with Crippen LogP contribution in [0.2, 0.25) is 0 Å². The first kappa shape index (κ1) is 19.5. The van der Waals surface area contributed by atoms with Crippen LogP contribution >= 0.6 is 0 Å². The van der Waals surface area contributed by atoms with Crippen LogP contribution in [0.25, 0.3) is 22.4 Å². The first-order valence-corrected chi connectivity index (χ1v) is 11.4. The first-order chi connectivity index (χ1) is 14.1. The van der Waals surface area contributed by atoms with Crippen molar-refractivity contribution in [2.45, 2.75) is 71.6 Å². The van der Waals surface area contributed by atoms with Gasteiger partial charge in [-0.25, -0.2) is 4.57 Å². The molecule has 5 rings (SSSR count). The molecule has 0 radical (unpaired) electrons. The van der Waals surface area contributed by atoms with Gasteiger partial charge in [-0.1, -0.05) is 63.6 Å². The number of nitrogens with zero attached hydrogens (tertiary/aromatic N) is 1. The van der Waals surface area contributed by atoms with E-state index >= 15 is 0 Å². The van der Waals surface area contributed by atoms with E-state index in [4.69, 9.17) is 0 Å². The van der Waals surface area contributed by atoms with E-state index in [1.807, 2.05) is 0 Å². The standard InChI is InChI=1S/C29H34N/c1-18-8-10-20-15-23-21(22(20)14-18)11-9-19(2)27(23)26-16-24-25(17-30(26)7)29(5,6)13-12-28(24,3)4/h8-11,14,16-17H,12-13,15H2,1-7H3/q+1. The highest BCUT2D eigenvalue weighted by Gasteiger charge is 2.40. The second-order valence-electron chi connectivity index (χ2n) is 11.0. The molecule has 2 aliphatic rings. The number of aromatic nitrogens is 1. The second kappa shape index (κ2) is 6.30. The third-order valence-corrected chi connectivity index (χ3v) is 7.81. The summed E-state index contributed by atoms with van der Waals surface area (Å²) >= 11 is 0. The molecule has 0 spiro atoms. The van der Waals surface area contributed by atoms with Crippen LogP contribution in [0, 0.1) is 13.8 Å². The van der Waals surface area contributed by atoms with E-state index in [9.17, 15) is 0 Å². The number of hydrogen-bond acceptors (Lipinski definition) is 0. The number of fused-ring (bicyclic) bond motifs is 4. The molecule has 0 aliphatic heterocycles. The molecular formula is C29H34N+. The van der Waals surface area contributed by atoms with Crippen molar-refractivity contribution in [2.24, 2.45) is 7.05 Å². The summed E-state index contributed by atoms with van der Waals surface area (Å²) in [4.78, 5) is 0. The molecule has 0 saturated carbocycles. The number of benzene rings is 2. The van der Waals surface area contributed by atoms with Crippen LogP contribution in [0.3, 0.4) is 0 Å². The molecule has 2 aromatic carbocycles. The lowest BCUT2D eigenvalue weighted by Gasteiger charge is -2.40. The molecule has 1 heterocycles. The van der Waals surface area contributed by atoms with E-state index in [0.29, 0.717) is 0 Å². The number of pyridine rings is 1. The topological polar surface area (TPSA) is 3.88 Å². The average molecular weight is 397 g/mol. The van der Waals surface area contributed by atoms with E-state index in [2.05, 4.69) is 95.8 Å². The summed E-state index contributed by atoms with van der Waals surface area (Å²) in [5.74, 6) is 0. The highest BCUT2D eigenvalue weighted by Crippen LogP contribution is 2.47. The molecule has 0 atom stereocenters. The first-order valence-electron chi connectivity index (χ1n) is 11.4. The zero-order valence-corrected chi connectivity index (χ0v) is 19.6. The number of hydrogen-bond donors (Lipinski definition) is 0. The zero-order valence-electron chi connectivity index (χ0n) is 19.6. The predicted molar refractivity (Wildman–Crippen MR) is 126 cm³/mol. The fourth-order valence-electron chi connectivity index (χ4n) is 5.73. The van der Waals surface area contributed by atoms with Crippen molar-refractivity contribution in [1.29, 1.82) is 0 Å². The Morgan fingerprint density at radius 1 is 0.800 bits per heavy atom. The van der Waals surface area contributed by atoms with Gasteiger partial charge in [-0.2, -0.15) is 0 Å². The molecule has 1 nitrogen and oxygen atoms in total. The molecule has 1 aromatic heterocycles. The van der Waals surface area contributed by atoms with Crippen molar-refractivity contribution in [3.63, 3.8) is 0 Å². The minimum atomic E-state index is 0.222. The third-order valence-electron chi connectivity index (χ3n) is 7.81. The minimum absolute atomic E-state index is 0.222. The number of aryl methyl sites for hydroxylation is 3. The van der Waals surface area contributed by atoms with Crippen LogP contribution in [0.15, 0.2) is 42.6 Å². The molecule has 3 aromatic rings. The second-order valence-corrected chi connectivity index (χ2v) is 11.0. The van der Waals surface area contributed by atoms with Gasteiger partial charge in [0, 0.05) is 11.6 Å². The van der Waals surface area contributed by atoms with Crippen molar-refractivity contribution in [3.8, 4) is 22.4 Å². The molecule has 0 unspecified atom stereocenters. The van der Waals surface area contributed by atoms with Gasteiger partial charge in [0.15, 0.2) is 6.20 Å². The summed E-state index contributed by atoms with van der Waals surface area (Å²) in [6.07, 6.45) is 5.96. The van der Waals surface area contributed by atoms with Gasteiger partial charge >= 0.3 is 0 Å². The van der Waals surface area contributed by atoms with Gasteiger partial charge in [-0.05, 0) is 77.3 Å². The highest BCUT2D eigenvalue weighted by atomic mass is 14.9. The number of rotatable bonds is 1. The van der Waals surface area contributed by atoms with E-state index in [1.165, 1.54) is 68.6 Å². The maximum absolute atomic E-state index is 2.52. The van der Waals surface area contributed by atoms with Gasteiger partial charge in [-0.3, -0.25) is 0 Å². The Kier molecular flexibility index (Phi) is 4.10. The Morgan fingerprint density at radius 3 is 2.23 bits per heavy atom. The molecule has 0 amide bonds. The Bertz CT molecular complexity index is 1190. The molecular weight excluding hydrogens is 362 g/mol. The molecule has 0 bridgehead atoms. The summed E-state index contributed by atoms with van der Waals surface area (Å²) in [5.41, 5.74) is 14.8. The van der Waals surface area contributed by atoms with E-state index in [-0.39, 0.29) is 10.8 Å². The summed E-state index contributed by atoms with van der Waals surface area (Å²) in [6.45, 7) is 14.1. The van der Waals surface area contributed by atoms with Crippen LogP contribution in [-0.4, -0.2) is 0 Å². The fraction of sp³-hybridized carbons (Fsp3) is 0.414. The van der Waals surface area contributed by atoms with E-state index in [1.54, 1.807) is 0 Å². The lowest BCUT2D eigenvalue weighted by molar-refractivity contribution is -0.661. The summed E-state index contributed by atoms with van der Waals surface area (Å²) in [7, 11) is 2.23. The Morgan fingerprint density at radius 2 is 1.50 bits per heavy atom. The van der Waals surface area contributed by atoms with Crippen LogP contribution in [0.4, 0.5) is 0 Å². The van der Waals surface area contributed by atoms with Crippen molar-refractivity contribution < 1.29 is 4.57 Å². The predicted octanol–water partition coefficient (Wildman–Crippen LogP) is 6.72. The smallest absolute Gasteiger partial charge is 0.201 e. The largest absolute Gasteiger partial charge is 0.213 e. The molecule has 0 saturated heterocycles. The Labute approximate surface area is 181 Å². The van der Waals surface area contributed by atoms with Crippen LogP contribution in [0.5, 0.6) is 0 Å². The van der Waals surface area contributed by atoms with Gasteiger partial charge in [-0.15, -0.1) is 0 Å². The van der Waals surface area contributed by atoms with Crippen LogP contribution < -0.4 is 4.57 Å². The van der Waals surface area contributed by atoms with Gasteiger partial charge in [0.05, 0.1) is 5.56 Å². The average Bonchev–Trinajstić information content (AvgIpc) is 3.03. The minimum Gasteiger partial charge on any atom is -0.201 e. The lowest BCUT2D eigenvalue weighted by Crippen LogP contribution is -2.40. The van der Waals surface area contributed by atoms with Crippen molar-refractivity contribution in [2.75, 3.05) is 0 Å². The zero-order chi connectivity index (χ0) is 21.4. The molecule has 0 N–H and O–H groups in total. The fourth-order valence-corrected chi connectivity index (χ4v) is 5.73. The molecule has 30 heavy (non-hydrogen) atoms.